The van der Waals surface area contributed by atoms with E-state index in [1.807, 2.05) is 0 Å². The van der Waals surface area contributed by atoms with E-state index in [1.54, 1.807) is 0 Å². The predicted octanol–water partition coefficient (Wildman–Crippen LogP) is 4.90. The number of benzene rings is 3. The number of hydrogen-bond donors (Lipinski definition) is 0. The maximum atomic E-state index is 4.82. The van der Waals surface area contributed by atoms with E-state index in [4.69, 9.17) is 4.98 Å². The quantitative estimate of drug-likeness (QED) is 0.361. The summed E-state index contributed by atoms with van der Waals surface area (Å²) in [7, 11) is 0. The molecule has 0 fully saturated rings. The summed E-state index contributed by atoms with van der Waals surface area (Å²) in [6.45, 7) is 2.56. The van der Waals surface area contributed by atoms with Gasteiger partial charge in [-0.05, 0) is 32.9 Å². The van der Waals surface area contributed by atoms with Crippen LogP contribution in [0.3, 0.4) is 0 Å². The van der Waals surface area contributed by atoms with Crippen LogP contribution in [0.5, 0.6) is 0 Å². The first kappa shape index (κ1) is 16.1. The van der Waals surface area contributed by atoms with Crippen LogP contribution < -0.4 is 10.9 Å². The van der Waals surface area contributed by atoms with Gasteiger partial charge in [0.05, 0.1) is 5.69 Å². The van der Waals surface area contributed by atoms with Gasteiger partial charge < -0.3 is 0 Å². The average Bonchev–Trinajstić information content (AvgIpc) is 2.67. The second kappa shape index (κ2) is 6.85. The highest BCUT2D eigenvalue weighted by Crippen LogP contribution is 2.28. The van der Waals surface area contributed by atoms with Crippen molar-refractivity contribution >= 4 is 44.3 Å². The highest BCUT2D eigenvalue weighted by Gasteiger charge is 2.19. The van der Waals surface area contributed by atoms with Gasteiger partial charge in [-0.1, -0.05) is 96.6 Å². The lowest BCUT2D eigenvalue weighted by Crippen LogP contribution is -2.40. The molecule has 0 N–H and O–H groups in total. The zero-order valence-electron chi connectivity index (χ0n) is 14.0. The molecular formula is C22H17BBrN. The number of hydrogen-bond acceptors (Lipinski definition) is 1. The molecule has 3 aromatic carbocycles. The summed E-state index contributed by atoms with van der Waals surface area (Å²) in [5.74, 6) is 0. The first-order chi connectivity index (χ1) is 12.2. The van der Waals surface area contributed by atoms with Gasteiger partial charge in [0.1, 0.15) is 4.60 Å². The fourth-order valence-electron chi connectivity index (χ4n) is 3.38. The lowest BCUT2D eigenvalue weighted by molar-refractivity contribution is 1.31. The van der Waals surface area contributed by atoms with Gasteiger partial charge in [0.25, 0.3) is 0 Å². The second-order valence-electron chi connectivity index (χ2n) is 6.23. The van der Waals surface area contributed by atoms with Gasteiger partial charge in [0.2, 0.25) is 6.71 Å². The van der Waals surface area contributed by atoms with E-state index >= 15 is 0 Å². The van der Waals surface area contributed by atoms with Gasteiger partial charge >= 0.3 is 0 Å². The molecule has 120 valence electrons. The predicted molar refractivity (Wildman–Crippen MR) is 112 cm³/mol. The molecule has 0 atom stereocenters. The number of fused-ring (bicyclic) bond motifs is 1. The van der Waals surface area contributed by atoms with Crippen LogP contribution >= 0.6 is 15.9 Å². The van der Waals surface area contributed by atoms with Crippen LogP contribution in [0.15, 0.2) is 89.5 Å². The van der Waals surface area contributed by atoms with E-state index in [0.29, 0.717) is 6.71 Å². The largest absolute Gasteiger partial charge is 0.240 e. The number of halogens is 1. The van der Waals surface area contributed by atoms with Crippen molar-refractivity contribution in [2.75, 3.05) is 0 Å². The van der Waals surface area contributed by atoms with E-state index in [-0.39, 0.29) is 0 Å². The van der Waals surface area contributed by atoms with Gasteiger partial charge in [0, 0.05) is 5.39 Å². The normalized spacial score (nSPS) is 10.8. The van der Waals surface area contributed by atoms with Crippen molar-refractivity contribution in [1.82, 2.24) is 4.98 Å². The highest BCUT2D eigenvalue weighted by molar-refractivity contribution is 9.10. The maximum Gasteiger partial charge on any atom is 0.207 e. The molecule has 0 saturated carbocycles. The molecule has 0 bridgehead atoms. The minimum absolute atomic E-state index is 0.303. The van der Waals surface area contributed by atoms with Gasteiger partial charge in [-0.2, -0.15) is 0 Å². The molecule has 1 aromatic heterocycles. The summed E-state index contributed by atoms with van der Waals surface area (Å²) in [4.78, 5) is 4.82. The number of nitrogens with zero attached hydrogens (tertiary/aromatic N) is 1. The van der Waals surface area contributed by atoms with E-state index in [9.17, 15) is 0 Å². The lowest BCUT2D eigenvalue weighted by atomic mass is 9.41. The summed E-state index contributed by atoms with van der Waals surface area (Å²) in [6.07, 6.45) is 0. The van der Waals surface area contributed by atoms with E-state index in [2.05, 4.69) is 108 Å². The minimum atomic E-state index is 0.303. The number of pyridine rings is 1. The number of rotatable bonds is 3. The van der Waals surface area contributed by atoms with E-state index in [0.717, 1.165) is 10.3 Å². The SMILES string of the molecule is CB(c1ccccc1)c1ccccc1-c1nc(Br)cc2ccccc12. The molecule has 0 amide bonds. The Morgan fingerprint density at radius 3 is 2.32 bits per heavy atom. The smallest absolute Gasteiger partial charge is 0.207 e. The van der Waals surface area contributed by atoms with Crippen LogP contribution in [0.25, 0.3) is 22.0 Å². The fraction of sp³-hybridized carbons (Fsp3) is 0.0455. The molecule has 0 unspecified atom stereocenters. The Morgan fingerprint density at radius 1 is 0.800 bits per heavy atom. The molecule has 0 spiro atoms. The lowest BCUT2D eigenvalue weighted by Gasteiger charge is -2.16. The van der Waals surface area contributed by atoms with Crippen molar-refractivity contribution in [3.8, 4) is 11.3 Å². The summed E-state index contributed by atoms with van der Waals surface area (Å²) in [6, 6.07) is 29.7. The average molecular weight is 386 g/mol. The molecule has 0 aliphatic heterocycles. The Bertz CT molecular complexity index is 1030. The first-order valence-electron chi connectivity index (χ1n) is 8.43. The zero-order chi connectivity index (χ0) is 17.2. The molecule has 3 heteroatoms. The minimum Gasteiger partial charge on any atom is -0.240 e. The van der Waals surface area contributed by atoms with Crippen molar-refractivity contribution in [3.63, 3.8) is 0 Å². The standard InChI is InChI=1S/C22H17BBrN/c1-23(17-10-3-2-4-11-17)20-14-8-7-13-19(20)22-18-12-6-5-9-16(18)15-21(24)25-22/h2-15H,1H3. The molecule has 0 saturated heterocycles. The molecule has 0 aliphatic carbocycles. The van der Waals surface area contributed by atoms with Gasteiger partial charge in [-0.25, -0.2) is 4.98 Å². The highest BCUT2D eigenvalue weighted by atomic mass is 79.9. The molecule has 0 aliphatic rings. The molecular weight excluding hydrogens is 369 g/mol. The first-order valence-corrected chi connectivity index (χ1v) is 9.23. The van der Waals surface area contributed by atoms with Crippen LogP contribution in [0.4, 0.5) is 0 Å². The molecule has 4 rings (SSSR count). The van der Waals surface area contributed by atoms with Crippen LogP contribution in [-0.4, -0.2) is 11.7 Å². The second-order valence-corrected chi connectivity index (χ2v) is 7.05. The Labute approximate surface area is 157 Å². The molecule has 0 radical (unpaired) electrons. The Balaban J connectivity index is 1.94. The van der Waals surface area contributed by atoms with Crippen LogP contribution in [0.1, 0.15) is 0 Å². The van der Waals surface area contributed by atoms with Crippen molar-refractivity contribution in [2.24, 2.45) is 0 Å². The van der Waals surface area contributed by atoms with Crippen molar-refractivity contribution < 1.29 is 0 Å². The van der Waals surface area contributed by atoms with E-state index in [1.165, 1.54) is 27.3 Å². The third-order valence-electron chi connectivity index (χ3n) is 4.69. The summed E-state index contributed by atoms with van der Waals surface area (Å²) < 4.78 is 0.864. The molecule has 4 aromatic rings. The zero-order valence-corrected chi connectivity index (χ0v) is 15.6. The Kier molecular flexibility index (Phi) is 4.41. The third-order valence-corrected chi connectivity index (χ3v) is 5.10. The van der Waals surface area contributed by atoms with Crippen LogP contribution in [0.2, 0.25) is 6.82 Å². The van der Waals surface area contributed by atoms with Gasteiger partial charge in [-0.15, -0.1) is 0 Å². The van der Waals surface area contributed by atoms with Gasteiger partial charge in [-0.3, -0.25) is 0 Å². The summed E-state index contributed by atoms with van der Waals surface area (Å²) in [5, 5.41) is 2.37. The Hall–Kier alpha value is -2.39. The molecule has 1 heterocycles. The topological polar surface area (TPSA) is 12.9 Å². The fourth-order valence-corrected chi connectivity index (χ4v) is 3.81. The number of aromatic nitrogens is 1. The summed E-state index contributed by atoms with van der Waals surface area (Å²) >= 11 is 3.58. The van der Waals surface area contributed by atoms with Crippen molar-refractivity contribution in [3.05, 3.63) is 89.5 Å². The maximum absolute atomic E-state index is 4.82. The summed E-state index contributed by atoms with van der Waals surface area (Å²) in [5.41, 5.74) is 4.83. The van der Waals surface area contributed by atoms with Crippen LogP contribution in [-0.2, 0) is 0 Å². The van der Waals surface area contributed by atoms with E-state index < -0.39 is 0 Å². The van der Waals surface area contributed by atoms with Crippen molar-refractivity contribution in [2.45, 2.75) is 6.82 Å². The monoisotopic (exact) mass is 385 g/mol. The van der Waals surface area contributed by atoms with Crippen molar-refractivity contribution in [1.29, 1.82) is 0 Å². The third kappa shape index (κ3) is 3.12. The molecule has 25 heavy (non-hydrogen) atoms. The van der Waals surface area contributed by atoms with Gasteiger partial charge in [0.15, 0.2) is 0 Å². The van der Waals surface area contributed by atoms with Crippen LogP contribution in [0, 0.1) is 0 Å². The Morgan fingerprint density at radius 2 is 1.48 bits per heavy atom. The molecule has 1 nitrogen and oxygen atoms in total.